The Morgan fingerprint density at radius 1 is 1.58 bits per heavy atom. The maximum absolute atomic E-state index is 12.2. The first-order valence-electron chi connectivity index (χ1n) is 3.10. The summed E-state index contributed by atoms with van der Waals surface area (Å²) in [5.41, 5.74) is 0.506. The van der Waals surface area contributed by atoms with Crippen molar-refractivity contribution in [3.8, 4) is 0 Å². The summed E-state index contributed by atoms with van der Waals surface area (Å²) in [6, 6.07) is 1.72. The van der Waals surface area contributed by atoms with Gasteiger partial charge in [0, 0.05) is 11.6 Å². The predicted octanol–water partition coefficient (Wildman–Crippen LogP) is 2.47. The average Bonchev–Trinajstić information content (AvgIpc) is 2.49. The minimum atomic E-state index is 0.000231. The van der Waals surface area contributed by atoms with E-state index in [0.29, 0.717) is 5.52 Å². The van der Waals surface area contributed by atoms with Crippen molar-refractivity contribution in [1.82, 2.24) is 14.2 Å². The highest BCUT2D eigenvalue weighted by atomic mass is 35.5. The van der Waals surface area contributed by atoms with Gasteiger partial charge in [-0.2, -0.15) is 9.19 Å². The van der Waals surface area contributed by atoms with Crippen LogP contribution in [0, 0.1) is 0 Å². The second-order valence-corrected chi connectivity index (χ2v) is 2.97. The maximum Gasteiger partial charge on any atom is 0.188 e. The van der Waals surface area contributed by atoms with Crippen LogP contribution in [-0.2, 0) is 0 Å². The molecule has 0 amide bonds. The van der Waals surface area contributed by atoms with Gasteiger partial charge in [0.1, 0.15) is 5.52 Å². The normalized spacial score (nSPS) is 10.8. The molecular weight excluding hydrogens is 201 g/mol. The van der Waals surface area contributed by atoms with Crippen LogP contribution in [0.1, 0.15) is 0 Å². The van der Waals surface area contributed by atoms with Gasteiger partial charge in [0.25, 0.3) is 0 Å². The molecule has 0 saturated carbocycles. The molecule has 0 spiro atoms. The number of pyridine rings is 1. The van der Waals surface area contributed by atoms with Crippen LogP contribution in [0.4, 0.5) is 3.89 Å². The second-order valence-electron chi connectivity index (χ2n) is 2.13. The third-order valence-corrected chi connectivity index (χ3v) is 2.15. The predicted molar refractivity (Wildman–Crippen MR) is 46.6 cm³/mol. The van der Waals surface area contributed by atoms with Crippen molar-refractivity contribution in [2.75, 3.05) is 0 Å². The molecular formula is C6H3ClFN3S. The Bertz CT molecular complexity index is 416. The van der Waals surface area contributed by atoms with E-state index >= 15 is 0 Å². The molecule has 0 radical (unpaired) electrons. The number of nitrogens with zero attached hydrogens (tertiary/aromatic N) is 3. The van der Waals surface area contributed by atoms with Crippen molar-refractivity contribution in [3.05, 3.63) is 23.6 Å². The maximum atomic E-state index is 12.2. The van der Waals surface area contributed by atoms with E-state index < -0.39 is 0 Å². The number of hydrogen-bond donors (Lipinski definition) is 0. The largest absolute Gasteiger partial charge is 0.242 e. The van der Waals surface area contributed by atoms with Gasteiger partial charge in [-0.1, -0.05) is 11.6 Å². The topological polar surface area (TPSA) is 30.7 Å². The van der Waals surface area contributed by atoms with Crippen molar-refractivity contribution < 1.29 is 3.89 Å². The molecule has 2 rings (SSSR count). The highest BCUT2D eigenvalue weighted by Crippen LogP contribution is 2.23. The highest BCUT2D eigenvalue weighted by molar-refractivity contribution is 7.92. The summed E-state index contributed by atoms with van der Waals surface area (Å²) in [7, 11) is 0. The van der Waals surface area contributed by atoms with E-state index in [0.717, 1.165) is 9.47 Å². The summed E-state index contributed by atoms with van der Waals surface area (Å²) < 4.78 is 13.3. The van der Waals surface area contributed by atoms with E-state index in [-0.39, 0.29) is 17.5 Å². The fourth-order valence-corrected chi connectivity index (χ4v) is 1.60. The van der Waals surface area contributed by atoms with Crippen molar-refractivity contribution in [2.24, 2.45) is 0 Å². The molecule has 0 aromatic carbocycles. The SMILES string of the molecule is FSn1ncc2ccnc(Cl)c21. The van der Waals surface area contributed by atoms with Crippen LogP contribution < -0.4 is 0 Å². The van der Waals surface area contributed by atoms with Gasteiger partial charge < -0.3 is 0 Å². The Balaban J connectivity index is 2.83. The fraction of sp³-hybridized carbons (Fsp3) is 0. The molecule has 0 saturated heterocycles. The first-order chi connectivity index (χ1) is 5.83. The van der Waals surface area contributed by atoms with Gasteiger partial charge in [-0.05, 0) is 6.07 Å². The van der Waals surface area contributed by atoms with E-state index in [9.17, 15) is 3.89 Å². The van der Waals surface area contributed by atoms with Crippen molar-refractivity contribution in [3.63, 3.8) is 0 Å². The van der Waals surface area contributed by atoms with Crippen molar-refractivity contribution in [2.45, 2.75) is 0 Å². The molecule has 0 bridgehead atoms. The van der Waals surface area contributed by atoms with Crippen molar-refractivity contribution in [1.29, 1.82) is 0 Å². The number of aromatic nitrogens is 3. The Morgan fingerprint density at radius 2 is 2.42 bits per heavy atom. The van der Waals surface area contributed by atoms with Crippen LogP contribution in [0.25, 0.3) is 10.9 Å². The quantitative estimate of drug-likeness (QED) is 0.667. The molecule has 2 heterocycles. The molecule has 2 aromatic rings. The second kappa shape index (κ2) is 2.91. The van der Waals surface area contributed by atoms with Gasteiger partial charge in [0.05, 0.1) is 6.20 Å². The monoisotopic (exact) mass is 203 g/mol. The van der Waals surface area contributed by atoms with Gasteiger partial charge in [-0.15, -0.1) is 3.89 Å². The Labute approximate surface area is 77.0 Å². The molecule has 0 aliphatic rings. The van der Waals surface area contributed by atoms with Crippen LogP contribution in [0.2, 0.25) is 5.15 Å². The molecule has 0 atom stereocenters. The van der Waals surface area contributed by atoms with Crippen molar-refractivity contribution >= 4 is 34.8 Å². The van der Waals surface area contributed by atoms with E-state index in [2.05, 4.69) is 10.1 Å². The first-order valence-corrected chi connectivity index (χ1v) is 4.15. The number of halogens is 2. The molecule has 3 nitrogen and oxygen atoms in total. The minimum absolute atomic E-state index is 0.000231. The fourth-order valence-electron chi connectivity index (χ4n) is 0.960. The van der Waals surface area contributed by atoms with E-state index in [1.165, 1.54) is 6.20 Å². The average molecular weight is 204 g/mol. The van der Waals surface area contributed by atoms with Crippen LogP contribution in [0.3, 0.4) is 0 Å². The van der Waals surface area contributed by atoms with Gasteiger partial charge >= 0.3 is 0 Å². The molecule has 2 aromatic heterocycles. The summed E-state index contributed by atoms with van der Waals surface area (Å²) >= 11 is 5.73. The standard InChI is InChI=1S/C6H3ClFN3S/c7-6-5-4(1-2-9-6)3-10-11(5)12-8/h1-3H. The lowest BCUT2D eigenvalue weighted by molar-refractivity contribution is 0.888. The zero-order valence-electron chi connectivity index (χ0n) is 5.74. The zero-order chi connectivity index (χ0) is 8.55. The summed E-state index contributed by atoms with van der Waals surface area (Å²) in [4.78, 5) is 3.81. The molecule has 0 N–H and O–H groups in total. The van der Waals surface area contributed by atoms with Gasteiger partial charge in [0.15, 0.2) is 17.5 Å². The molecule has 0 aliphatic heterocycles. The summed E-state index contributed by atoms with van der Waals surface area (Å²) in [5, 5.41) is 4.79. The summed E-state index contributed by atoms with van der Waals surface area (Å²) in [6.45, 7) is 0. The number of rotatable bonds is 1. The Kier molecular flexibility index (Phi) is 1.90. The van der Waals surface area contributed by atoms with Gasteiger partial charge in [0.2, 0.25) is 0 Å². The summed E-state index contributed by atoms with van der Waals surface area (Å²) in [6.07, 6.45) is 3.09. The highest BCUT2D eigenvalue weighted by Gasteiger charge is 2.07. The van der Waals surface area contributed by atoms with Crippen LogP contribution in [0.15, 0.2) is 18.5 Å². The minimum Gasteiger partial charge on any atom is -0.242 e. The van der Waals surface area contributed by atoms with Gasteiger partial charge in [-0.3, -0.25) is 0 Å². The Morgan fingerprint density at radius 3 is 3.17 bits per heavy atom. The third kappa shape index (κ3) is 1.05. The van der Waals surface area contributed by atoms with E-state index in [4.69, 9.17) is 11.6 Å². The van der Waals surface area contributed by atoms with E-state index in [1.54, 1.807) is 12.3 Å². The lowest BCUT2D eigenvalue weighted by Crippen LogP contribution is -1.86. The Hall–Kier alpha value is -0.810. The summed E-state index contributed by atoms with van der Waals surface area (Å²) in [5.74, 6) is 0. The third-order valence-electron chi connectivity index (χ3n) is 1.47. The van der Waals surface area contributed by atoms with Crippen LogP contribution in [0.5, 0.6) is 0 Å². The number of hydrogen-bond acceptors (Lipinski definition) is 3. The number of fused-ring (bicyclic) bond motifs is 1. The molecule has 62 valence electrons. The molecule has 0 fully saturated rings. The lowest BCUT2D eigenvalue weighted by atomic mass is 10.3. The lowest BCUT2D eigenvalue weighted by Gasteiger charge is -1.94. The van der Waals surface area contributed by atoms with Crippen LogP contribution >= 0.6 is 23.9 Å². The molecule has 12 heavy (non-hydrogen) atoms. The van der Waals surface area contributed by atoms with Gasteiger partial charge in [-0.25, -0.2) is 4.98 Å². The molecule has 0 unspecified atom stereocenters. The smallest absolute Gasteiger partial charge is 0.188 e. The first kappa shape index (κ1) is 7.82. The van der Waals surface area contributed by atoms with Crippen LogP contribution in [-0.4, -0.2) is 14.2 Å². The van der Waals surface area contributed by atoms with E-state index in [1.807, 2.05) is 0 Å². The molecule has 0 aliphatic carbocycles. The zero-order valence-corrected chi connectivity index (χ0v) is 7.31. The molecule has 6 heteroatoms.